The Balaban J connectivity index is 2.75. The number of benzene rings is 1. The second-order valence-corrected chi connectivity index (χ2v) is 6.65. The fourth-order valence-corrected chi connectivity index (χ4v) is 2.46. The lowest BCUT2D eigenvalue weighted by Crippen LogP contribution is -2.28. The molecule has 1 aromatic carbocycles. The number of carbonyl (C=O) groups is 1. The zero-order valence-corrected chi connectivity index (χ0v) is 12.3. The number of nitrogens with one attached hydrogen (secondary N) is 2. The first-order chi connectivity index (χ1) is 8.90. The predicted molar refractivity (Wildman–Crippen MR) is 75.9 cm³/mol. The van der Waals surface area contributed by atoms with Crippen molar-refractivity contribution in [2.75, 3.05) is 24.7 Å². The topological polar surface area (TPSA) is 75.3 Å². The van der Waals surface area contributed by atoms with Gasteiger partial charge in [-0.3, -0.25) is 4.79 Å². The monoisotopic (exact) mass is 284 g/mol. The van der Waals surface area contributed by atoms with E-state index in [2.05, 4.69) is 10.6 Å². The van der Waals surface area contributed by atoms with Gasteiger partial charge in [0.15, 0.2) is 9.84 Å². The third kappa shape index (κ3) is 4.33. The van der Waals surface area contributed by atoms with Gasteiger partial charge in [-0.15, -0.1) is 0 Å². The van der Waals surface area contributed by atoms with Crippen LogP contribution < -0.4 is 10.6 Å². The Bertz CT molecular complexity index is 523. The molecular weight excluding hydrogens is 264 g/mol. The van der Waals surface area contributed by atoms with E-state index in [1.54, 1.807) is 26.1 Å². The number of sulfone groups is 1. The smallest absolute Gasteiger partial charge is 0.228 e. The first-order valence-corrected chi connectivity index (χ1v) is 7.84. The summed E-state index contributed by atoms with van der Waals surface area (Å²) in [6.45, 7) is 4.01. The molecule has 0 saturated heterocycles. The molecule has 6 heteroatoms. The Hall–Kier alpha value is -1.40. The minimum Gasteiger partial charge on any atom is -0.326 e. The first-order valence-electron chi connectivity index (χ1n) is 6.19. The van der Waals surface area contributed by atoms with Crippen LogP contribution in [0.1, 0.15) is 13.8 Å². The van der Waals surface area contributed by atoms with Crippen molar-refractivity contribution in [3.63, 3.8) is 0 Å². The zero-order chi connectivity index (χ0) is 14.5. The van der Waals surface area contributed by atoms with Crippen molar-refractivity contribution in [1.82, 2.24) is 5.32 Å². The van der Waals surface area contributed by atoms with E-state index < -0.39 is 9.84 Å². The van der Waals surface area contributed by atoms with Crippen LogP contribution in [0.4, 0.5) is 5.69 Å². The molecular formula is C13H20N2O3S. The maximum atomic E-state index is 11.8. The van der Waals surface area contributed by atoms with Gasteiger partial charge in [-0.2, -0.15) is 0 Å². The summed E-state index contributed by atoms with van der Waals surface area (Å²) < 4.78 is 23.3. The van der Waals surface area contributed by atoms with Crippen molar-refractivity contribution >= 4 is 21.4 Å². The van der Waals surface area contributed by atoms with Gasteiger partial charge in [0.1, 0.15) is 0 Å². The van der Waals surface area contributed by atoms with Crippen LogP contribution in [0.2, 0.25) is 0 Å². The number of hydrogen-bond acceptors (Lipinski definition) is 4. The molecule has 0 spiro atoms. The molecule has 0 heterocycles. The van der Waals surface area contributed by atoms with E-state index in [1.807, 2.05) is 6.92 Å². The summed E-state index contributed by atoms with van der Waals surface area (Å²) in [4.78, 5) is 12.0. The number of amides is 1. The Morgan fingerprint density at radius 2 is 1.84 bits per heavy atom. The van der Waals surface area contributed by atoms with Gasteiger partial charge >= 0.3 is 0 Å². The van der Waals surface area contributed by atoms with Crippen molar-refractivity contribution < 1.29 is 13.2 Å². The average molecular weight is 284 g/mol. The van der Waals surface area contributed by atoms with Crippen molar-refractivity contribution in [2.24, 2.45) is 5.92 Å². The van der Waals surface area contributed by atoms with Gasteiger partial charge in [-0.05, 0) is 31.3 Å². The first kappa shape index (κ1) is 15.7. The second kappa shape index (κ2) is 6.68. The summed E-state index contributed by atoms with van der Waals surface area (Å²) in [5.74, 6) is -0.178. The highest BCUT2D eigenvalue weighted by Crippen LogP contribution is 2.15. The van der Waals surface area contributed by atoms with Crippen molar-refractivity contribution in [3.8, 4) is 0 Å². The highest BCUT2D eigenvalue weighted by Gasteiger charge is 2.13. The molecule has 1 rings (SSSR count). The summed E-state index contributed by atoms with van der Waals surface area (Å²) in [6.07, 6.45) is 0. The lowest BCUT2D eigenvalue weighted by molar-refractivity contribution is -0.119. The average Bonchev–Trinajstić information content (AvgIpc) is 2.39. The minimum atomic E-state index is -3.19. The van der Waals surface area contributed by atoms with Gasteiger partial charge in [0, 0.05) is 18.2 Å². The molecule has 0 radical (unpaired) electrons. The van der Waals surface area contributed by atoms with Crippen molar-refractivity contribution in [1.29, 1.82) is 0 Å². The molecule has 0 aliphatic heterocycles. The van der Waals surface area contributed by atoms with Crippen LogP contribution in [-0.2, 0) is 14.6 Å². The third-order valence-electron chi connectivity index (χ3n) is 2.82. The summed E-state index contributed by atoms with van der Waals surface area (Å²) in [7, 11) is -1.41. The summed E-state index contributed by atoms with van der Waals surface area (Å²) in [5.41, 5.74) is 0.600. The van der Waals surface area contributed by atoms with E-state index in [-0.39, 0.29) is 22.5 Å². The molecule has 1 unspecified atom stereocenters. The highest BCUT2D eigenvalue weighted by atomic mass is 32.2. The highest BCUT2D eigenvalue weighted by molar-refractivity contribution is 7.91. The van der Waals surface area contributed by atoms with Crippen LogP contribution in [0.3, 0.4) is 0 Å². The Morgan fingerprint density at radius 3 is 2.32 bits per heavy atom. The zero-order valence-electron chi connectivity index (χ0n) is 11.4. The lowest BCUT2D eigenvalue weighted by Gasteiger charge is -2.11. The van der Waals surface area contributed by atoms with Crippen LogP contribution in [0.15, 0.2) is 29.2 Å². The molecule has 5 nitrogen and oxygen atoms in total. The molecule has 0 aromatic heterocycles. The summed E-state index contributed by atoms with van der Waals surface area (Å²) in [5, 5.41) is 5.68. The van der Waals surface area contributed by atoms with E-state index in [4.69, 9.17) is 0 Å². The van der Waals surface area contributed by atoms with E-state index in [0.29, 0.717) is 12.2 Å². The van der Waals surface area contributed by atoms with Gasteiger partial charge in [-0.25, -0.2) is 8.42 Å². The number of carbonyl (C=O) groups excluding carboxylic acids is 1. The molecule has 0 bridgehead atoms. The molecule has 0 aliphatic rings. The van der Waals surface area contributed by atoms with E-state index >= 15 is 0 Å². The molecule has 2 N–H and O–H groups in total. The molecule has 19 heavy (non-hydrogen) atoms. The molecule has 0 aliphatic carbocycles. The lowest BCUT2D eigenvalue weighted by atomic mass is 10.1. The largest absolute Gasteiger partial charge is 0.326 e. The maximum absolute atomic E-state index is 11.8. The van der Waals surface area contributed by atoms with Crippen molar-refractivity contribution in [3.05, 3.63) is 24.3 Å². The molecule has 106 valence electrons. The predicted octanol–water partition coefficient (Wildman–Crippen LogP) is 1.27. The third-order valence-corrected chi connectivity index (χ3v) is 4.57. The summed E-state index contributed by atoms with van der Waals surface area (Å²) >= 11 is 0. The molecule has 1 aromatic rings. The SMILES string of the molecule is CCS(=O)(=O)c1ccc(NC(=O)C(C)CNC)cc1. The normalized spacial score (nSPS) is 13.0. The van der Waals surface area contributed by atoms with E-state index in [9.17, 15) is 13.2 Å². The minimum absolute atomic E-state index is 0.0674. The number of rotatable bonds is 6. The van der Waals surface area contributed by atoms with Gasteiger partial charge in [0.2, 0.25) is 5.91 Å². The van der Waals surface area contributed by atoms with Gasteiger partial charge in [0.25, 0.3) is 0 Å². The quantitative estimate of drug-likeness (QED) is 0.825. The summed E-state index contributed by atoms with van der Waals surface area (Å²) in [6, 6.07) is 6.23. The fraction of sp³-hybridized carbons (Fsp3) is 0.462. The standard InChI is InChI=1S/C13H20N2O3S/c1-4-19(17,18)12-7-5-11(6-8-12)15-13(16)10(2)9-14-3/h5-8,10,14H,4,9H2,1-3H3,(H,15,16). The van der Waals surface area contributed by atoms with Crippen molar-refractivity contribution in [2.45, 2.75) is 18.7 Å². The van der Waals surface area contributed by atoms with Crippen LogP contribution in [0, 0.1) is 5.92 Å². The number of anilines is 1. The fourth-order valence-electron chi connectivity index (χ4n) is 1.58. The van der Waals surface area contributed by atoms with E-state index in [1.165, 1.54) is 12.1 Å². The van der Waals surface area contributed by atoms with Gasteiger partial charge in [-0.1, -0.05) is 13.8 Å². The Kier molecular flexibility index (Phi) is 5.50. The maximum Gasteiger partial charge on any atom is 0.228 e. The van der Waals surface area contributed by atoms with Crippen LogP contribution in [0.5, 0.6) is 0 Å². The Morgan fingerprint density at radius 1 is 1.26 bits per heavy atom. The van der Waals surface area contributed by atoms with Crippen LogP contribution in [-0.4, -0.2) is 33.7 Å². The van der Waals surface area contributed by atoms with Gasteiger partial charge < -0.3 is 10.6 Å². The van der Waals surface area contributed by atoms with E-state index in [0.717, 1.165) is 0 Å². The van der Waals surface area contributed by atoms with Crippen LogP contribution >= 0.6 is 0 Å². The molecule has 1 amide bonds. The van der Waals surface area contributed by atoms with Gasteiger partial charge in [0.05, 0.1) is 10.6 Å². The molecule has 1 atom stereocenters. The number of hydrogen-bond donors (Lipinski definition) is 2. The second-order valence-electron chi connectivity index (χ2n) is 4.38. The molecule has 0 saturated carbocycles. The Labute approximate surface area is 114 Å². The molecule has 0 fully saturated rings. The van der Waals surface area contributed by atoms with Crippen LogP contribution in [0.25, 0.3) is 0 Å².